The van der Waals surface area contributed by atoms with Gasteiger partial charge in [-0.05, 0) is 30.4 Å². The predicted octanol–water partition coefficient (Wildman–Crippen LogP) is 1.65. The summed E-state index contributed by atoms with van der Waals surface area (Å²) in [4.78, 5) is 0.186. The monoisotopic (exact) mass is 269 g/mol. The quantitative estimate of drug-likeness (QED) is 0.854. The van der Waals surface area contributed by atoms with Gasteiger partial charge in [-0.3, -0.25) is 0 Å². The molecule has 1 fully saturated rings. The number of rotatable bonds is 5. The van der Waals surface area contributed by atoms with Gasteiger partial charge in [0, 0.05) is 6.54 Å². The van der Waals surface area contributed by atoms with Gasteiger partial charge in [0.2, 0.25) is 10.0 Å². The summed E-state index contributed by atoms with van der Waals surface area (Å²) in [5.41, 5.74) is 0.441. The Hall–Kier alpha value is -0.910. The van der Waals surface area contributed by atoms with E-state index < -0.39 is 10.0 Å². The standard InChI is InChI=1S/C13H19NO3S/c15-10-12-7-3-4-8-13(12)18(16,17)14-9-11-5-1-2-6-11/h3-4,7-8,11,14-15H,1-2,5-6,9-10H2. The van der Waals surface area contributed by atoms with E-state index in [1.54, 1.807) is 18.2 Å². The average Bonchev–Trinajstić information content (AvgIpc) is 2.89. The molecule has 0 spiro atoms. The van der Waals surface area contributed by atoms with Crippen molar-refractivity contribution in [3.05, 3.63) is 29.8 Å². The van der Waals surface area contributed by atoms with Gasteiger partial charge in [0.05, 0.1) is 11.5 Å². The summed E-state index contributed by atoms with van der Waals surface area (Å²) < 4.78 is 26.9. The van der Waals surface area contributed by atoms with Crippen LogP contribution in [0.15, 0.2) is 29.2 Å². The van der Waals surface area contributed by atoms with Gasteiger partial charge < -0.3 is 5.11 Å². The SMILES string of the molecule is O=S(=O)(NCC1CCCC1)c1ccccc1CO. The lowest BCUT2D eigenvalue weighted by atomic mass is 10.1. The molecule has 1 saturated carbocycles. The van der Waals surface area contributed by atoms with E-state index in [-0.39, 0.29) is 11.5 Å². The molecule has 18 heavy (non-hydrogen) atoms. The summed E-state index contributed by atoms with van der Waals surface area (Å²) in [5, 5.41) is 9.17. The minimum absolute atomic E-state index is 0.186. The molecule has 5 heteroatoms. The summed E-state index contributed by atoms with van der Waals surface area (Å²) >= 11 is 0. The lowest BCUT2D eigenvalue weighted by Gasteiger charge is -2.13. The molecule has 0 unspecified atom stereocenters. The largest absolute Gasteiger partial charge is 0.392 e. The van der Waals surface area contributed by atoms with Crippen molar-refractivity contribution in [2.24, 2.45) is 5.92 Å². The van der Waals surface area contributed by atoms with Gasteiger partial charge in [0.1, 0.15) is 0 Å². The minimum Gasteiger partial charge on any atom is -0.392 e. The van der Waals surface area contributed by atoms with Crippen LogP contribution in [-0.4, -0.2) is 20.1 Å². The predicted molar refractivity (Wildman–Crippen MR) is 69.5 cm³/mol. The van der Waals surface area contributed by atoms with Crippen molar-refractivity contribution in [2.45, 2.75) is 37.2 Å². The minimum atomic E-state index is -3.50. The van der Waals surface area contributed by atoms with Gasteiger partial charge in [-0.25, -0.2) is 13.1 Å². The Balaban J connectivity index is 2.09. The summed E-state index contributed by atoms with van der Waals surface area (Å²) in [7, 11) is -3.50. The molecular weight excluding hydrogens is 250 g/mol. The Kier molecular flexibility index (Phi) is 4.37. The maximum absolute atomic E-state index is 12.1. The molecule has 2 N–H and O–H groups in total. The van der Waals surface area contributed by atoms with Crippen LogP contribution in [0.1, 0.15) is 31.2 Å². The Morgan fingerprint density at radius 1 is 1.22 bits per heavy atom. The summed E-state index contributed by atoms with van der Waals surface area (Å²) in [5.74, 6) is 0.459. The number of hydrogen-bond donors (Lipinski definition) is 2. The van der Waals surface area contributed by atoms with Crippen LogP contribution < -0.4 is 4.72 Å². The highest BCUT2D eigenvalue weighted by Gasteiger charge is 2.21. The summed E-state index contributed by atoms with van der Waals surface area (Å²) in [6.45, 7) is 0.239. The van der Waals surface area contributed by atoms with Gasteiger partial charge in [0.15, 0.2) is 0 Å². The fourth-order valence-electron chi connectivity index (χ4n) is 2.42. The number of aliphatic hydroxyl groups excluding tert-OH is 1. The molecule has 0 saturated heterocycles. The van der Waals surface area contributed by atoms with Crippen molar-refractivity contribution in [3.8, 4) is 0 Å². The molecule has 1 aromatic rings. The lowest BCUT2D eigenvalue weighted by Crippen LogP contribution is -2.29. The molecule has 1 aromatic carbocycles. The Morgan fingerprint density at radius 2 is 1.89 bits per heavy atom. The van der Waals surface area contributed by atoms with Crippen LogP contribution in [0.4, 0.5) is 0 Å². The van der Waals surface area contributed by atoms with E-state index in [0.717, 1.165) is 12.8 Å². The highest BCUT2D eigenvalue weighted by atomic mass is 32.2. The zero-order chi connectivity index (χ0) is 13.0. The van der Waals surface area contributed by atoms with E-state index in [1.165, 1.54) is 18.9 Å². The van der Waals surface area contributed by atoms with E-state index in [4.69, 9.17) is 5.11 Å². The van der Waals surface area contributed by atoms with E-state index >= 15 is 0 Å². The Labute approximate surface area is 108 Å². The van der Waals surface area contributed by atoms with Crippen LogP contribution in [0, 0.1) is 5.92 Å². The number of benzene rings is 1. The van der Waals surface area contributed by atoms with Crippen molar-refractivity contribution in [1.29, 1.82) is 0 Å². The second-order valence-corrected chi connectivity index (χ2v) is 6.50. The third-order valence-corrected chi connectivity index (χ3v) is 4.99. The molecule has 0 aromatic heterocycles. The fourth-order valence-corrected chi connectivity index (χ4v) is 3.76. The van der Waals surface area contributed by atoms with E-state index in [2.05, 4.69) is 4.72 Å². The Morgan fingerprint density at radius 3 is 2.56 bits per heavy atom. The normalized spacial score (nSPS) is 17.2. The molecule has 1 aliphatic rings. The van der Waals surface area contributed by atoms with E-state index in [9.17, 15) is 8.42 Å². The van der Waals surface area contributed by atoms with Gasteiger partial charge >= 0.3 is 0 Å². The van der Waals surface area contributed by atoms with Crippen LogP contribution in [-0.2, 0) is 16.6 Å². The molecule has 4 nitrogen and oxygen atoms in total. The second kappa shape index (κ2) is 5.82. The summed E-state index contributed by atoms with van der Waals surface area (Å²) in [6.07, 6.45) is 4.59. The van der Waals surface area contributed by atoms with Gasteiger partial charge in [0.25, 0.3) is 0 Å². The third-order valence-electron chi connectivity index (χ3n) is 3.47. The Bertz CT molecular complexity index is 493. The first-order valence-electron chi connectivity index (χ1n) is 6.32. The third kappa shape index (κ3) is 3.10. The zero-order valence-corrected chi connectivity index (χ0v) is 11.1. The average molecular weight is 269 g/mol. The maximum atomic E-state index is 12.1. The molecular formula is C13H19NO3S. The first-order chi connectivity index (χ1) is 8.63. The van der Waals surface area contributed by atoms with Crippen molar-refractivity contribution < 1.29 is 13.5 Å². The molecule has 0 atom stereocenters. The zero-order valence-electron chi connectivity index (χ0n) is 10.3. The molecule has 100 valence electrons. The molecule has 0 amide bonds. The molecule has 0 aliphatic heterocycles. The van der Waals surface area contributed by atoms with Crippen LogP contribution in [0.25, 0.3) is 0 Å². The number of hydrogen-bond acceptors (Lipinski definition) is 3. The van der Waals surface area contributed by atoms with Crippen molar-refractivity contribution >= 4 is 10.0 Å². The molecule has 0 heterocycles. The van der Waals surface area contributed by atoms with Crippen molar-refractivity contribution in [3.63, 3.8) is 0 Å². The highest BCUT2D eigenvalue weighted by Crippen LogP contribution is 2.24. The number of sulfonamides is 1. The maximum Gasteiger partial charge on any atom is 0.240 e. The first-order valence-corrected chi connectivity index (χ1v) is 7.80. The molecule has 0 bridgehead atoms. The molecule has 1 aliphatic carbocycles. The van der Waals surface area contributed by atoms with Crippen LogP contribution >= 0.6 is 0 Å². The lowest BCUT2D eigenvalue weighted by molar-refractivity contribution is 0.278. The second-order valence-electron chi connectivity index (χ2n) is 4.77. The molecule has 2 rings (SSSR count). The van der Waals surface area contributed by atoms with Crippen molar-refractivity contribution in [1.82, 2.24) is 4.72 Å². The van der Waals surface area contributed by atoms with E-state index in [0.29, 0.717) is 18.0 Å². The number of aliphatic hydroxyl groups is 1. The van der Waals surface area contributed by atoms with Gasteiger partial charge in [-0.1, -0.05) is 31.0 Å². The van der Waals surface area contributed by atoms with Crippen molar-refractivity contribution in [2.75, 3.05) is 6.54 Å². The smallest absolute Gasteiger partial charge is 0.240 e. The topological polar surface area (TPSA) is 66.4 Å². The van der Waals surface area contributed by atoms with Gasteiger partial charge in [-0.15, -0.1) is 0 Å². The van der Waals surface area contributed by atoms with Gasteiger partial charge in [-0.2, -0.15) is 0 Å². The fraction of sp³-hybridized carbons (Fsp3) is 0.538. The van der Waals surface area contributed by atoms with Crippen LogP contribution in [0.5, 0.6) is 0 Å². The van der Waals surface area contributed by atoms with Crippen LogP contribution in [0.3, 0.4) is 0 Å². The van der Waals surface area contributed by atoms with E-state index in [1.807, 2.05) is 0 Å². The first kappa shape index (κ1) is 13.5. The molecule has 0 radical (unpaired) electrons. The summed E-state index contributed by atoms with van der Waals surface area (Å²) in [6, 6.07) is 6.55. The van der Waals surface area contributed by atoms with Crippen LogP contribution in [0.2, 0.25) is 0 Å². The number of nitrogens with one attached hydrogen (secondary N) is 1. The highest BCUT2D eigenvalue weighted by molar-refractivity contribution is 7.89.